The number of hydrogen-bond donors (Lipinski definition) is 1. The first kappa shape index (κ1) is 18.7. The molecule has 1 aliphatic heterocycles. The maximum absolute atomic E-state index is 12.7. The van der Waals surface area contributed by atoms with Gasteiger partial charge in [-0.25, -0.2) is 0 Å². The molecule has 0 atom stereocenters. The SMILES string of the molecule is COCCCn1c(C)cc(C(=O)CN2CCC(C(N)=O)CC2)c1C. The summed E-state index contributed by atoms with van der Waals surface area (Å²) < 4.78 is 7.29. The fraction of sp³-hybridized carbons (Fsp3) is 0.667. The molecule has 1 aliphatic rings. The van der Waals surface area contributed by atoms with Gasteiger partial charge in [0.2, 0.25) is 5.91 Å². The third-order valence-electron chi connectivity index (χ3n) is 4.96. The van der Waals surface area contributed by atoms with Crippen molar-refractivity contribution in [3.63, 3.8) is 0 Å². The van der Waals surface area contributed by atoms with E-state index in [0.29, 0.717) is 6.54 Å². The van der Waals surface area contributed by atoms with E-state index in [4.69, 9.17) is 10.5 Å². The highest BCUT2D eigenvalue weighted by atomic mass is 16.5. The summed E-state index contributed by atoms with van der Waals surface area (Å²) in [5, 5.41) is 0. The van der Waals surface area contributed by atoms with Gasteiger partial charge in [0.15, 0.2) is 5.78 Å². The van der Waals surface area contributed by atoms with Crippen LogP contribution in [0.2, 0.25) is 0 Å². The van der Waals surface area contributed by atoms with Crippen LogP contribution in [0.1, 0.15) is 41.0 Å². The van der Waals surface area contributed by atoms with Crippen LogP contribution in [-0.2, 0) is 16.1 Å². The molecule has 1 aromatic heterocycles. The van der Waals surface area contributed by atoms with Gasteiger partial charge in [-0.15, -0.1) is 0 Å². The third-order valence-corrected chi connectivity index (χ3v) is 4.96. The van der Waals surface area contributed by atoms with E-state index >= 15 is 0 Å². The minimum Gasteiger partial charge on any atom is -0.385 e. The Morgan fingerprint density at radius 2 is 1.96 bits per heavy atom. The Kier molecular flexibility index (Phi) is 6.57. The maximum Gasteiger partial charge on any atom is 0.220 e. The second-order valence-electron chi connectivity index (χ2n) is 6.66. The zero-order chi connectivity index (χ0) is 17.7. The number of carbonyl (C=O) groups is 2. The van der Waals surface area contributed by atoms with Crippen LogP contribution < -0.4 is 5.73 Å². The zero-order valence-electron chi connectivity index (χ0n) is 15.0. The van der Waals surface area contributed by atoms with Crippen LogP contribution >= 0.6 is 0 Å². The van der Waals surface area contributed by atoms with E-state index in [-0.39, 0.29) is 17.6 Å². The lowest BCUT2D eigenvalue weighted by atomic mass is 9.96. The summed E-state index contributed by atoms with van der Waals surface area (Å²) in [6.07, 6.45) is 2.43. The first-order chi connectivity index (χ1) is 11.4. The van der Waals surface area contributed by atoms with Crippen LogP contribution in [-0.4, -0.2) is 54.5 Å². The molecule has 6 heteroatoms. The number of piperidine rings is 1. The van der Waals surface area contributed by atoms with Crippen LogP contribution in [0.25, 0.3) is 0 Å². The number of carbonyl (C=O) groups excluding carboxylic acids is 2. The Hall–Kier alpha value is -1.66. The van der Waals surface area contributed by atoms with E-state index in [9.17, 15) is 9.59 Å². The molecule has 2 heterocycles. The standard InChI is InChI=1S/C18H29N3O3/c1-13-11-16(14(2)21(13)7-4-10-24-3)17(22)12-20-8-5-15(6-9-20)18(19)23/h11,15H,4-10,12H2,1-3H3,(H2,19,23). The first-order valence-corrected chi connectivity index (χ1v) is 8.64. The molecule has 1 fully saturated rings. The third kappa shape index (κ3) is 4.45. The molecule has 0 aromatic carbocycles. The molecule has 1 aromatic rings. The molecule has 6 nitrogen and oxygen atoms in total. The average Bonchev–Trinajstić information content (AvgIpc) is 2.83. The van der Waals surface area contributed by atoms with Crippen LogP contribution in [0.4, 0.5) is 0 Å². The lowest BCUT2D eigenvalue weighted by molar-refractivity contribution is -0.123. The zero-order valence-corrected chi connectivity index (χ0v) is 15.0. The molecule has 134 valence electrons. The summed E-state index contributed by atoms with van der Waals surface area (Å²) >= 11 is 0. The van der Waals surface area contributed by atoms with Crippen molar-refractivity contribution >= 4 is 11.7 Å². The van der Waals surface area contributed by atoms with Crippen molar-refractivity contribution in [1.29, 1.82) is 0 Å². The number of methoxy groups -OCH3 is 1. The van der Waals surface area contributed by atoms with Gasteiger partial charge in [-0.3, -0.25) is 14.5 Å². The lowest BCUT2D eigenvalue weighted by Gasteiger charge is -2.29. The Bertz CT molecular complexity index is 587. The molecule has 0 radical (unpaired) electrons. The topological polar surface area (TPSA) is 77.6 Å². The van der Waals surface area contributed by atoms with E-state index in [1.54, 1.807) is 7.11 Å². The van der Waals surface area contributed by atoms with E-state index in [1.807, 2.05) is 19.9 Å². The van der Waals surface area contributed by atoms with Gasteiger partial charge in [0, 0.05) is 43.1 Å². The highest BCUT2D eigenvalue weighted by molar-refractivity contribution is 5.99. The van der Waals surface area contributed by atoms with Gasteiger partial charge in [0.25, 0.3) is 0 Å². The monoisotopic (exact) mass is 335 g/mol. The van der Waals surface area contributed by atoms with Crippen molar-refractivity contribution in [2.75, 3.05) is 33.4 Å². The molecular formula is C18H29N3O3. The Balaban J connectivity index is 1.95. The van der Waals surface area contributed by atoms with Gasteiger partial charge in [-0.1, -0.05) is 0 Å². The number of ketones is 1. The number of likely N-dealkylation sites (tertiary alicyclic amines) is 1. The van der Waals surface area contributed by atoms with Crippen LogP contribution in [0, 0.1) is 19.8 Å². The maximum atomic E-state index is 12.7. The smallest absolute Gasteiger partial charge is 0.220 e. The number of aromatic nitrogens is 1. The van der Waals surface area contributed by atoms with E-state index < -0.39 is 0 Å². The summed E-state index contributed by atoms with van der Waals surface area (Å²) in [5.74, 6) is -0.110. The molecule has 0 aliphatic carbocycles. The van der Waals surface area contributed by atoms with E-state index in [2.05, 4.69) is 9.47 Å². The highest BCUT2D eigenvalue weighted by Crippen LogP contribution is 2.20. The summed E-state index contributed by atoms with van der Waals surface area (Å²) in [6.45, 7) is 7.55. The quantitative estimate of drug-likeness (QED) is 0.577. The largest absolute Gasteiger partial charge is 0.385 e. The molecule has 1 saturated heterocycles. The van der Waals surface area contributed by atoms with Gasteiger partial charge in [-0.05, 0) is 52.3 Å². The molecule has 0 saturated carbocycles. The van der Waals surface area contributed by atoms with Crippen molar-refractivity contribution in [3.8, 4) is 0 Å². The van der Waals surface area contributed by atoms with Crippen molar-refractivity contribution < 1.29 is 14.3 Å². The molecule has 2 rings (SSSR count). The number of hydrogen-bond acceptors (Lipinski definition) is 4. The summed E-state index contributed by atoms with van der Waals surface area (Å²) in [4.78, 5) is 26.0. The number of primary amides is 1. The van der Waals surface area contributed by atoms with Crippen LogP contribution in [0.15, 0.2) is 6.07 Å². The van der Waals surface area contributed by atoms with Crippen molar-refractivity contribution in [2.45, 2.75) is 39.7 Å². The first-order valence-electron chi connectivity index (χ1n) is 8.64. The molecule has 0 bridgehead atoms. The van der Waals surface area contributed by atoms with Crippen molar-refractivity contribution in [2.24, 2.45) is 11.7 Å². The number of ether oxygens (including phenoxy) is 1. The number of Topliss-reactive ketones (excluding diaryl/α,β-unsaturated/α-hetero) is 1. The number of aryl methyl sites for hydroxylation is 1. The predicted octanol–water partition coefficient (Wildman–Crippen LogP) is 1.52. The van der Waals surface area contributed by atoms with Crippen LogP contribution in [0.3, 0.4) is 0 Å². The number of nitrogens with zero attached hydrogens (tertiary/aromatic N) is 2. The Morgan fingerprint density at radius 3 is 2.54 bits per heavy atom. The molecule has 2 N–H and O–H groups in total. The summed E-state index contributed by atoms with van der Waals surface area (Å²) in [6, 6.07) is 1.99. The van der Waals surface area contributed by atoms with Gasteiger partial charge in [0.05, 0.1) is 6.54 Å². The highest BCUT2D eigenvalue weighted by Gasteiger charge is 2.25. The number of nitrogens with two attached hydrogens (primary N) is 1. The lowest BCUT2D eigenvalue weighted by Crippen LogP contribution is -2.40. The summed E-state index contributed by atoms with van der Waals surface area (Å²) in [5.41, 5.74) is 8.30. The van der Waals surface area contributed by atoms with Gasteiger partial charge >= 0.3 is 0 Å². The van der Waals surface area contributed by atoms with Crippen LogP contribution in [0.5, 0.6) is 0 Å². The molecule has 1 amide bonds. The predicted molar refractivity (Wildman–Crippen MR) is 93.1 cm³/mol. The number of rotatable bonds is 8. The number of amides is 1. The Morgan fingerprint density at radius 1 is 1.29 bits per heavy atom. The minimum absolute atomic E-state index is 0.0396. The Labute approximate surface area is 143 Å². The molecule has 24 heavy (non-hydrogen) atoms. The van der Waals surface area contributed by atoms with E-state index in [1.165, 1.54) is 0 Å². The normalized spacial score (nSPS) is 16.5. The molecule has 0 spiro atoms. The second kappa shape index (κ2) is 8.44. The average molecular weight is 335 g/mol. The van der Waals surface area contributed by atoms with Gasteiger partial charge in [0.1, 0.15) is 0 Å². The fourth-order valence-corrected chi connectivity index (χ4v) is 3.46. The summed E-state index contributed by atoms with van der Waals surface area (Å²) in [7, 11) is 1.70. The van der Waals surface area contributed by atoms with E-state index in [0.717, 1.165) is 62.5 Å². The molecular weight excluding hydrogens is 306 g/mol. The van der Waals surface area contributed by atoms with Crippen molar-refractivity contribution in [3.05, 3.63) is 23.0 Å². The van der Waals surface area contributed by atoms with Crippen molar-refractivity contribution in [1.82, 2.24) is 9.47 Å². The fourth-order valence-electron chi connectivity index (χ4n) is 3.46. The van der Waals surface area contributed by atoms with Gasteiger partial charge in [-0.2, -0.15) is 0 Å². The molecule has 0 unspecified atom stereocenters. The van der Waals surface area contributed by atoms with Gasteiger partial charge < -0.3 is 15.0 Å². The minimum atomic E-state index is -0.222. The second-order valence-corrected chi connectivity index (χ2v) is 6.66.